The van der Waals surface area contributed by atoms with Gasteiger partial charge in [0.2, 0.25) is 0 Å². The number of hydrogen-bond donors (Lipinski definition) is 1. The maximum Gasteiger partial charge on any atom is 0.165 e. The Hall–Kier alpha value is -2.07. The lowest BCUT2D eigenvalue weighted by atomic mass is 9.89. The first kappa shape index (κ1) is 14.5. The third-order valence-electron chi connectivity index (χ3n) is 4.69. The smallest absolute Gasteiger partial charge is 0.165 e. The van der Waals surface area contributed by atoms with Gasteiger partial charge in [-0.1, -0.05) is 30.3 Å². The molecule has 0 amide bonds. The van der Waals surface area contributed by atoms with Gasteiger partial charge in [-0.15, -0.1) is 0 Å². The zero-order valence-electron chi connectivity index (χ0n) is 12.9. The van der Waals surface area contributed by atoms with Gasteiger partial charge < -0.3 is 14.8 Å². The molecule has 0 unspecified atom stereocenters. The quantitative estimate of drug-likeness (QED) is 0.914. The Morgan fingerprint density at radius 3 is 2.57 bits per heavy atom. The molecule has 4 heteroatoms. The van der Waals surface area contributed by atoms with E-state index in [1.165, 1.54) is 11.6 Å². The number of ether oxygens (including phenoxy) is 2. The number of piperidine rings is 1. The Kier molecular flexibility index (Phi) is 3.92. The number of halogens is 1. The summed E-state index contributed by atoms with van der Waals surface area (Å²) in [6.07, 6.45) is 1.78. The standard InChI is InChI=1S/C19H20FNO2/c20-16-6-2-1-4-15(16)18-12-22-17-7-3-5-14(19(17)23-18)13-8-10-21-11-9-13/h1-7,13,18,21H,8-12H2/t18-/m0/s1. The normalized spacial score (nSPS) is 21.2. The lowest BCUT2D eigenvalue weighted by Gasteiger charge is -2.31. The van der Waals surface area contributed by atoms with E-state index in [-0.39, 0.29) is 5.82 Å². The molecule has 23 heavy (non-hydrogen) atoms. The van der Waals surface area contributed by atoms with E-state index in [0.29, 0.717) is 18.1 Å². The van der Waals surface area contributed by atoms with Crippen LogP contribution < -0.4 is 14.8 Å². The third-order valence-corrected chi connectivity index (χ3v) is 4.69. The lowest BCUT2D eigenvalue weighted by Crippen LogP contribution is -2.28. The van der Waals surface area contributed by atoms with Crippen LogP contribution in [0.1, 0.15) is 36.0 Å². The third kappa shape index (κ3) is 2.79. The van der Waals surface area contributed by atoms with Crippen molar-refractivity contribution in [1.82, 2.24) is 5.32 Å². The summed E-state index contributed by atoms with van der Waals surface area (Å²) in [5.41, 5.74) is 1.74. The number of benzene rings is 2. The molecule has 1 saturated heterocycles. The van der Waals surface area contributed by atoms with Crippen molar-refractivity contribution in [3.63, 3.8) is 0 Å². The van der Waals surface area contributed by atoms with Crippen molar-refractivity contribution in [3.8, 4) is 11.5 Å². The van der Waals surface area contributed by atoms with Crippen molar-refractivity contribution in [3.05, 3.63) is 59.4 Å². The second kappa shape index (κ2) is 6.20. The predicted octanol–water partition coefficient (Wildman–Crippen LogP) is 3.81. The summed E-state index contributed by atoms with van der Waals surface area (Å²) in [5.74, 6) is 1.78. The average molecular weight is 313 g/mol. The highest BCUT2D eigenvalue weighted by Gasteiger charge is 2.29. The van der Waals surface area contributed by atoms with Crippen LogP contribution >= 0.6 is 0 Å². The Labute approximate surface area is 135 Å². The minimum absolute atomic E-state index is 0.246. The highest BCUT2D eigenvalue weighted by molar-refractivity contribution is 5.50. The molecule has 0 aromatic heterocycles. The summed E-state index contributed by atoms with van der Waals surface area (Å²) >= 11 is 0. The molecule has 2 aromatic rings. The number of fused-ring (bicyclic) bond motifs is 1. The van der Waals surface area contributed by atoms with Gasteiger partial charge in [0.05, 0.1) is 0 Å². The van der Waals surface area contributed by atoms with Crippen LogP contribution in [0.2, 0.25) is 0 Å². The molecule has 2 heterocycles. The number of rotatable bonds is 2. The van der Waals surface area contributed by atoms with Gasteiger partial charge in [-0.25, -0.2) is 4.39 Å². The van der Waals surface area contributed by atoms with Gasteiger partial charge >= 0.3 is 0 Å². The van der Waals surface area contributed by atoms with Crippen molar-refractivity contribution in [1.29, 1.82) is 0 Å². The first-order chi connectivity index (χ1) is 11.3. The molecular weight excluding hydrogens is 293 g/mol. The Morgan fingerprint density at radius 1 is 0.957 bits per heavy atom. The van der Waals surface area contributed by atoms with E-state index >= 15 is 0 Å². The van der Waals surface area contributed by atoms with Gasteiger partial charge in [0.15, 0.2) is 17.6 Å². The molecule has 4 rings (SSSR count). The molecule has 2 aliphatic heterocycles. The molecule has 0 spiro atoms. The fourth-order valence-electron chi connectivity index (χ4n) is 3.46. The van der Waals surface area contributed by atoms with Crippen molar-refractivity contribution >= 4 is 0 Å². The molecule has 0 radical (unpaired) electrons. The van der Waals surface area contributed by atoms with Crippen molar-refractivity contribution < 1.29 is 13.9 Å². The zero-order chi connectivity index (χ0) is 15.6. The maximum absolute atomic E-state index is 14.1. The van der Waals surface area contributed by atoms with E-state index in [1.807, 2.05) is 18.2 Å². The molecule has 1 N–H and O–H groups in total. The summed E-state index contributed by atoms with van der Waals surface area (Å²) in [6.45, 7) is 2.38. The van der Waals surface area contributed by atoms with Crippen LogP contribution in [0.3, 0.4) is 0 Å². The van der Waals surface area contributed by atoms with Crippen LogP contribution in [0.5, 0.6) is 11.5 Å². The average Bonchev–Trinajstić information content (AvgIpc) is 2.62. The van der Waals surface area contributed by atoms with Crippen LogP contribution in [-0.2, 0) is 0 Å². The molecular formula is C19H20FNO2. The SMILES string of the molecule is Fc1ccccc1[C@@H]1COc2cccc(C3CCNCC3)c2O1. The van der Waals surface area contributed by atoms with Crippen molar-refractivity contribution in [2.24, 2.45) is 0 Å². The first-order valence-corrected chi connectivity index (χ1v) is 8.20. The zero-order valence-corrected chi connectivity index (χ0v) is 12.9. The lowest BCUT2D eigenvalue weighted by molar-refractivity contribution is 0.0864. The van der Waals surface area contributed by atoms with Gasteiger partial charge in [-0.2, -0.15) is 0 Å². The molecule has 1 atom stereocenters. The summed E-state index contributed by atoms with van der Waals surface area (Å²) in [7, 11) is 0. The maximum atomic E-state index is 14.1. The molecule has 120 valence electrons. The van der Waals surface area contributed by atoms with E-state index in [0.717, 1.165) is 37.4 Å². The van der Waals surface area contributed by atoms with Crippen LogP contribution in [0.15, 0.2) is 42.5 Å². The molecule has 1 fully saturated rings. The van der Waals surface area contributed by atoms with Gasteiger partial charge in [0, 0.05) is 11.1 Å². The highest BCUT2D eigenvalue weighted by Crippen LogP contribution is 2.44. The molecule has 3 nitrogen and oxygen atoms in total. The summed E-state index contributed by atoms with van der Waals surface area (Å²) < 4.78 is 26.1. The van der Waals surface area contributed by atoms with E-state index < -0.39 is 6.10 Å². The van der Waals surface area contributed by atoms with Crippen LogP contribution in [0.4, 0.5) is 4.39 Å². The van der Waals surface area contributed by atoms with Crippen LogP contribution in [-0.4, -0.2) is 19.7 Å². The fraction of sp³-hybridized carbons (Fsp3) is 0.368. The van der Waals surface area contributed by atoms with E-state index in [2.05, 4.69) is 11.4 Å². The minimum Gasteiger partial charge on any atom is -0.485 e. The summed E-state index contributed by atoms with van der Waals surface area (Å²) in [5, 5.41) is 3.38. The van der Waals surface area contributed by atoms with Crippen molar-refractivity contribution in [2.75, 3.05) is 19.7 Å². The molecule has 2 aliphatic rings. The molecule has 0 saturated carbocycles. The fourth-order valence-corrected chi connectivity index (χ4v) is 3.46. The van der Waals surface area contributed by atoms with Crippen molar-refractivity contribution in [2.45, 2.75) is 24.9 Å². The minimum atomic E-state index is -0.397. The van der Waals surface area contributed by atoms with E-state index in [1.54, 1.807) is 12.1 Å². The number of para-hydroxylation sites is 1. The number of hydrogen-bond acceptors (Lipinski definition) is 3. The highest BCUT2D eigenvalue weighted by atomic mass is 19.1. The Balaban J connectivity index is 1.66. The van der Waals surface area contributed by atoms with Crippen LogP contribution in [0, 0.1) is 5.82 Å². The first-order valence-electron chi connectivity index (χ1n) is 8.20. The second-order valence-electron chi connectivity index (χ2n) is 6.14. The topological polar surface area (TPSA) is 30.5 Å². The molecule has 2 aromatic carbocycles. The second-order valence-corrected chi connectivity index (χ2v) is 6.14. The Bertz CT molecular complexity index is 698. The predicted molar refractivity (Wildman–Crippen MR) is 86.6 cm³/mol. The Morgan fingerprint density at radius 2 is 1.74 bits per heavy atom. The molecule has 0 aliphatic carbocycles. The van der Waals surface area contributed by atoms with Gasteiger partial charge in [0.1, 0.15) is 12.4 Å². The van der Waals surface area contributed by atoms with Gasteiger partial charge in [0.25, 0.3) is 0 Å². The van der Waals surface area contributed by atoms with E-state index in [9.17, 15) is 4.39 Å². The summed E-state index contributed by atoms with van der Waals surface area (Å²) in [4.78, 5) is 0. The largest absolute Gasteiger partial charge is 0.485 e. The van der Waals surface area contributed by atoms with E-state index in [4.69, 9.17) is 9.47 Å². The molecule has 0 bridgehead atoms. The van der Waals surface area contributed by atoms with Crippen LogP contribution in [0.25, 0.3) is 0 Å². The van der Waals surface area contributed by atoms with Gasteiger partial charge in [-0.05, 0) is 44.0 Å². The number of nitrogens with one attached hydrogen (secondary N) is 1. The monoisotopic (exact) mass is 313 g/mol. The summed E-state index contributed by atoms with van der Waals surface area (Å²) in [6, 6.07) is 12.8. The van der Waals surface area contributed by atoms with Gasteiger partial charge in [-0.3, -0.25) is 0 Å².